The Morgan fingerprint density at radius 1 is 1.31 bits per heavy atom. The molecule has 10 heteroatoms. The molecule has 2 unspecified atom stereocenters. The predicted octanol–water partition coefficient (Wildman–Crippen LogP) is 0.563. The van der Waals surface area contributed by atoms with Crippen LogP contribution in [0, 0.1) is 5.41 Å². The SMILES string of the molecule is CON=C1CNCC12CN(C(=O)O)C2OC(=O)CCC(=O)OC(C)(C)C. The molecule has 0 aromatic rings. The van der Waals surface area contributed by atoms with Gasteiger partial charge in [-0.2, -0.15) is 0 Å². The maximum atomic E-state index is 12.1. The van der Waals surface area contributed by atoms with E-state index in [4.69, 9.17) is 14.3 Å². The van der Waals surface area contributed by atoms with Crippen LogP contribution in [0.3, 0.4) is 0 Å². The number of carbonyl (C=O) groups excluding carboxylic acids is 2. The lowest BCUT2D eigenvalue weighted by Crippen LogP contribution is -2.71. The zero-order valence-electron chi connectivity index (χ0n) is 15.4. The van der Waals surface area contributed by atoms with E-state index >= 15 is 0 Å². The highest BCUT2D eigenvalue weighted by Crippen LogP contribution is 2.42. The third kappa shape index (κ3) is 4.24. The van der Waals surface area contributed by atoms with Crippen molar-refractivity contribution in [1.29, 1.82) is 0 Å². The molecule has 10 nitrogen and oxygen atoms in total. The van der Waals surface area contributed by atoms with Crippen molar-refractivity contribution in [2.45, 2.75) is 45.4 Å². The monoisotopic (exact) mass is 371 g/mol. The highest BCUT2D eigenvalue weighted by atomic mass is 16.6. The van der Waals surface area contributed by atoms with Gasteiger partial charge >= 0.3 is 18.0 Å². The van der Waals surface area contributed by atoms with Gasteiger partial charge in [0.1, 0.15) is 12.7 Å². The summed E-state index contributed by atoms with van der Waals surface area (Å²) in [5.41, 5.74) is -0.779. The second-order valence-corrected chi connectivity index (χ2v) is 7.32. The van der Waals surface area contributed by atoms with Gasteiger partial charge in [0, 0.05) is 19.6 Å². The highest BCUT2D eigenvalue weighted by Gasteiger charge is 2.62. The number of rotatable bonds is 5. The third-order valence-electron chi connectivity index (χ3n) is 4.16. The van der Waals surface area contributed by atoms with E-state index in [-0.39, 0.29) is 19.4 Å². The van der Waals surface area contributed by atoms with Crippen molar-refractivity contribution in [3.05, 3.63) is 0 Å². The first-order valence-electron chi connectivity index (χ1n) is 8.31. The van der Waals surface area contributed by atoms with Crippen molar-refractivity contribution >= 4 is 23.7 Å². The van der Waals surface area contributed by atoms with Crippen molar-refractivity contribution in [2.75, 3.05) is 26.7 Å². The van der Waals surface area contributed by atoms with Crippen LogP contribution in [0.4, 0.5) is 4.79 Å². The summed E-state index contributed by atoms with van der Waals surface area (Å²) in [6, 6.07) is 0. The van der Waals surface area contributed by atoms with Gasteiger partial charge in [-0.1, -0.05) is 5.16 Å². The first kappa shape index (κ1) is 20.0. The summed E-state index contributed by atoms with van der Waals surface area (Å²) < 4.78 is 10.5. The van der Waals surface area contributed by atoms with Gasteiger partial charge in [-0.3, -0.25) is 14.5 Å². The van der Waals surface area contributed by atoms with E-state index in [1.165, 1.54) is 7.11 Å². The average molecular weight is 371 g/mol. The number of hydrogen-bond donors (Lipinski definition) is 2. The van der Waals surface area contributed by atoms with Crippen molar-refractivity contribution in [1.82, 2.24) is 10.2 Å². The maximum Gasteiger partial charge on any atom is 0.410 e. The fourth-order valence-electron chi connectivity index (χ4n) is 3.07. The fourth-order valence-corrected chi connectivity index (χ4v) is 3.07. The lowest BCUT2D eigenvalue weighted by molar-refractivity contribution is -0.191. The number of esters is 2. The standard InChI is InChI=1S/C16H25N3O7/c1-15(2,3)26-12(21)6-5-11(20)25-13-16(9-19(13)14(22)23)8-17-7-10(16)18-24-4/h13,17H,5-9H2,1-4H3,(H,22,23). The largest absolute Gasteiger partial charge is 0.465 e. The van der Waals surface area contributed by atoms with Crippen LogP contribution in [0.5, 0.6) is 0 Å². The number of amides is 1. The summed E-state index contributed by atoms with van der Waals surface area (Å²) in [7, 11) is 1.40. The number of likely N-dealkylation sites (tertiary alicyclic amines) is 1. The van der Waals surface area contributed by atoms with Crippen LogP contribution in [0.1, 0.15) is 33.6 Å². The molecule has 0 aromatic carbocycles. The minimum absolute atomic E-state index is 0.139. The van der Waals surface area contributed by atoms with E-state index < -0.39 is 35.3 Å². The Labute approximate surface area is 151 Å². The van der Waals surface area contributed by atoms with Gasteiger partial charge < -0.3 is 24.7 Å². The fraction of sp³-hybridized carbons (Fsp3) is 0.750. The van der Waals surface area contributed by atoms with E-state index in [1.54, 1.807) is 20.8 Å². The molecule has 0 aliphatic carbocycles. The lowest BCUT2D eigenvalue weighted by Gasteiger charge is -2.52. The Balaban J connectivity index is 2.00. The molecule has 2 fully saturated rings. The van der Waals surface area contributed by atoms with E-state index in [1.807, 2.05) is 0 Å². The predicted molar refractivity (Wildman–Crippen MR) is 89.4 cm³/mol. The van der Waals surface area contributed by atoms with Crippen LogP contribution < -0.4 is 5.32 Å². The Kier molecular flexibility index (Phi) is 5.74. The van der Waals surface area contributed by atoms with Crippen LogP contribution in [-0.4, -0.2) is 72.3 Å². The van der Waals surface area contributed by atoms with Crippen LogP contribution >= 0.6 is 0 Å². The average Bonchev–Trinajstić information content (AvgIpc) is 2.92. The normalized spacial score (nSPS) is 26.5. The number of carboxylic acid groups (broad SMARTS) is 1. The first-order valence-corrected chi connectivity index (χ1v) is 8.31. The molecular weight excluding hydrogens is 346 g/mol. The van der Waals surface area contributed by atoms with E-state index in [9.17, 15) is 19.5 Å². The van der Waals surface area contributed by atoms with E-state index in [0.717, 1.165) is 4.90 Å². The molecule has 0 aromatic heterocycles. The quantitative estimate of drug-likeness (QED) is 0.530. The van der Waals surface area contributed by atoms with Crippen molar-refractivity contribution < 1.29 is 33.8 Å². The van der Waals surface area contributed by atoms with Crippen LogP contribution in [-0.2, 0) is 23.9 Å². The van der Waals surface area contributed by atoms with Crippen LogP contribution in [0.25, 0.3) is 0 Å². The van der Waals surface area contributed by atoms with Crippen molar-refractivity contribution in [3.8, 4) is 0 Å². The molecule has 2 heterocycles. The molecule has 2 N–H and O–H groups in total. The molecule has 2 rings (SSSR count). The summed E-state index contributed by atoms with van der Waals surface area (Å²) >= 11 is 0. The molecule has 1 amide bonds. The minimum Gasteiger partial charge on any atom is -0.465 e. The zero-order chi connectivity index (χ0) is 19.5. The van der Waals surface area contributed by atoms with E-state index in [2.05, 4.69) is 10.5 Å². The van der Waals surface area contributed by atoms with Crippen LogP contribution in [0.2, 0.25) is 0 Å². The second-order valence-electron chi connectivity index (χ2n) is 7.32. The summed E-state index contributed by atoms with van der Waals surface area (Å²) in [6.45, 7) is 6.19. The Morgan fingerprint density at radius 3 is 2.54 bits per heavy atom. The summed E-state index contributed by atoms with van der Waals surface area (Å²) in [5.74, 6) is -1.19. The van der Waals surface area contributed by atoms with Gasteiger partial charge in [0.25, 0.3) is 0 Å². The number of hydrogen-bond acceptors (Lipinski definition) is 8. The van der Waals surface area contributed by atoms with Gasteiger partial charge in [0.15, 0.2) is 6.23 Å². The van der Waals surface area contributed by atoms with Gasteiger partial charge in [-0.15, -0.1) is 0 Å². The van der Waals surface area contributed by atoms with Crippen molar-refractivity contribution in [2.24, 2.45) is 10.6 Å². The van der Waals surface area contributed by atoms with Crippen LogP contribution in [0.15, 0.2) is 5.16 Å². The first-order chi connectivity index (χ1) is 12.1. The molecule has 2 atom stereocenters. The number of carbonyl (C=O) groups is 3. The van der Waals surface area contributed by atoms with Gasteiger partial charge in [-0.05, 0) is 20.8 Å². The zero-order valence-corrected chi connectivity index (χ0v) is 15.4. The molecule has 2 aliphatic rings. The van der Waals surface area contributed by atoms with Gasteiger partial charge in [0.05, 0.1) is 24.0 Å². The van der Waals surface area contributed by atoms with Crippen molar-refractivity contribution in [3.63, 3.8) is 0 Å². The Hall–Kier alpha value is -2.36. The lowest BCUT2D eigenvalue weighted by atomic mass is 9.75. The minimum atomic E-state index is -1.19. The molecule has 0 saturated carbocycles. The third-order valence-corrected chi connectivity index (χ3v) is 4.16. The summed E-state index contributed by atoms with van der Waals surface area (Å²) in [4.78, 5) is 41.1. The second kappa shape index (κ2) is 7.48. The molecule has 2 aliphatic heterocycles. The maximum absolute atomic E-state index is 12.1. The highest BCUT2D eigenvalue weighted by molar-refractivity contribution is 5.97. The molecule has 146 valence electrons. The smallest absolute Gasteiger partial charge is 0.410 e. The molecule has 0 bridgehead atoms. The number of oxime groups is 1. The molecule has 26 heavy (non-hydrogen) atoms. The summed E-state index contributed by atoms with van der Waals surface area (Å²) in [6.07, 6.45) is -2.53. The Morgan fingerprint density at radius 2 is 1.96 bits per heavy atom. The number of ether oxygens (including phenoxy) is 2. The van der Waals surface area contributed by atoms with E-state index in [0.29, 0.717) is 18.8 Å². The molecule has 2 saturated heterocycles. The number of nitrogens with one attached hydrogen (secondary N) is 1. The molecule has 0 radical (unpaired) electrons. The van der Waals surface area contributed by atoms with Gasteiger partial charge in [0.2, 0.25) is 0 Å². The topological polar surface area (TPSA) is 127 Å². The Bertz CT molecular complexity index is 613. The van der Waals surface area contributed by atoms with Gasteiger partial charge in [-0.25, -0.2) is 4.79 Å². The molecular formula is C16H25N3O7. The number of nitrogens with zero attached hydrogens (tertiary/aromatic N) is 2. The summed E-state index contributed by atoms with van der Waals surface area (Å²) in [5, 5.41) is 16.3. The molecule has 1 spiro atoms.